The number of nitrogens with one attached hydrogen (secondary N) is 1. The van der Waals surface area contributed by atoms with Crippen molar-refractivity contribution in [1.82, 2.24) is 4.98 Å². The molecule has 2 aromatic rings. The summed E-state index contributed by atoms with van der Waals surface area (Å²) in [6.45, 7) is 2.38. The van der Waals surface area contributed by atoms with Crippen molar-refractivity contribution in [2.45, 2.75) is 6.92 Å². The van der Waals surface area contributed by atoms with Gasteiger partial charge in [0, 0.05) is 6.54 Å². The van der Waals surface area contributed by atoms with Gasteiger partial charge in [0.15, 0.2) is 0 Å². The molecule has 0 aliphatic heterocycles. The standard InChI is InChI=1S/C13H11ClFN3O3/c1-2-16-12-6-9(18(19)20)7-13(17-12)21-11-4-3-8(15)5-10(11)14/h3-7H,2H2,1H3,(H,16,17). The van der Waals surface area contributed by atoms with Crippen LogP contribution in [0.3, 0.4) is 0 Å². The fourth-order valence-electron chi connectivity index (χ4n) is 1.59. The van der Waals surface area contributed by atoms with Gasteiger partial charge < -0.3 is 10.1 Å². The molecule has 0 fully saturated rings. The van der Waals surface area contributed by atoms with Gasteiger partial charge in [0.2, 0.25) is 5.88 Å². The third kappa shape index (κ3) is 3.79. The molecule has 0 radical (unpaired) electrons. The minimum absolute atomic E-state index is 0.00587. The van der Waals surface area contributed by atoms with Crippen LogP contribution in [0.25, 0.3) is 0 Å². The molecule has 21 heavy (non-hydrogen) atoms. The molecule has 0 saturated heterocycles. The Morgan fingerprint density at radius 3 is 2.81 bits per heavy atom. The molecule has 2 rings (SSSR count). The number of anilines is 1. The summed E-state index contributed by atoms with van der Waals surface area (Å²) in [7, 11) is 0. The third-order valence-electron chi connectivity index (χ3n) is 2.46. The number of nitro groups is 1. The van der Waals surface area contributed by atoms with Gasteiger partial charge in [-0.25, -0.2) is 4.39 Å². The SMILES string of the molecule is CCNc1cc([N+](=O)[O-])cc(Oc2ccc(F)cc2Cl)n1. The first kappa shape index (κ1) is 15.0. The van der Waals surface area contributed by atoms with Crippen LogP contribution in [0.5, 0.6) is 11.6 Å². The lowest BCUT2D eigenvalue weighted by Crippen LogP contribution is -2.02. The van der Waals surface area contributed by atoms with Gasteiger partial charge in [-0.1, -0.05) is 11.6 Å². The van der Waals surface area contributed by atoms with Crippen LogP contribution in [0.2, 0.25) is 5.02 Å². The average Bonchev–Trinajstić information content (AvgIpc) is 2.42. The monoisotopic (exact) mass is 311 g/mol. The zero-order valence-electron chi connectivity index (χ0n) is 11.0. The summed E-state index contributed by atoms with van der Waals surface area (Å²) in [6, 6.07) is 6.04. The lowest BCUT2D eigenvalue weighted by Gasteiger charge is -2.09. The summed E-state index contributed by atoms with van der Waals surface area (Å²) in [5, 5.41) is 13.8. The van der Waals surface area contributed by atoms with Gasteiger partial charge in [0.05, 0.1) is 22.1 Å². The van der Waals surface area contributed by atoms with E-state index in [9.17, 15) is 14.5 Å². The zero-order chi connectivity index (χ0) is 15.4. The van der Waals surface area contributed by atoms with Crippen LogP contribution in [0.15, 0.2) is 30.3 Å². The molecule has 0 saturated carbocycles. The molecular weight excluding hydrogens is 301 g/mol. The van der Waals surface area contributed by atoms with E-state index < -0.39 is 10.7 Å². The molecule has 0 bridgehead atoms. The molecule has 0 aliphatic carbocycles. The van der Waals surface area contributed by atoms with Crippen molar-refractivity contribution in [2.24, 2.45) is 0 Å². The molecule has 1 aromatic carbocycles. The number of aromatic nitrogens is 1. The summed E-state index contributed by atoms with van der Waals surface area (Å²) >= 11 is 5.84. The molecule has 0 atom stereocenters. The molecule has 0 unspecified atom stereocenters. The quantitative estimate of drug-likeness (QED) is 0.667. The lowest BCUT2D eigenvalue weighted by atomic mass is 10.3. The highest BCUT2D eigenvalue weighted by atomic mass is 35.5. The summed E-state index contributed by atoms with van der Waals surface area (Å²) in [5.41, 5.74) is -0.172. The van der Waals surface area contributed by atoms with E-state index in [0.717, 1.165) is 6.07 Å². The number of hydrogen-bond donors (Lipinski definition) is 1. The maximum atomic E-state index is 13.0. The van der Waals surface area contributed by atoms with Crippen LogP contribution in [-0.2, 0) is 0 Å². The highest BCUT2D eigenvalue weighted by molar-refractivity contribution is 6.32. The maximum Gasteiger partial charge on any atom is 0.278 e. The van der Waals surface area contributed by atoms with Crippen LogP contribution >= 0.6 is 11.6 Å². The van der Waals surface area contributed by atoms with E-state index in [1.165, 1.54) is 24.3 Å². The van der Waals surface area contributed by atoms with Crippen LogP contribution in [-0.4, -0.2) is 16.5 Å². The number of nitrogens with zero attached hydrogens (tertiary/aromatic N) is 2. The van der Waals surface area contributed by atoms with Crippen molar-refractivity contribution in [3.63, 3.8) is 0 Å². The second kappa shape index (κ2) is 6.36. The average molecular weight is 312 g/mol. The predicted octanol–water partition coefficient (Wildman–Crippen LogP) is 4.01. The Kier molecular flexibility index (Phi) is 4.54. The van der Waals surface area contributed by atoms with Gasteiger partial charge in [-0.05, 0) is 25.1 Å². The minimum atomic E-state index is -0.554. The van der Waals surface area contributed by atoms with Crippen molar-refractivity contribution in [3.05, 3.63) is 51.3 Å². The molecule has 0 spiro atoms. The number of rotatable bonds is 5. The summed E-state index contributed by atoms with van der Waals surface area (Å²) in [6.07, 6.45) is 0. The van der Waals surface area contributed by atoms with E-state index >= 15 is 0 Å². The second-order valence-electron chi connectivity index (χ2n) is 4.01. The first-order valence-electron chi connectivity index (χ1n) is 6.03. The molecule has 1 N–H and O–H groups in total. The number of ether oxygens (including phenoxy) is 1. The van der Waals surface area contributed by atoms with E-state index in [1.54, 1.807) is 0 Å². The topological polar surface area (TPSA) is 77.3 Å². The number of pyridine rings is 1. The first-order valence-corrected chi connectivity index (χ1v) is 6.40. The Morgan fingerprint density at radius 2 is 2.19 bits per heavy atom. The van der Waals surface area contributed by atoms with Crippen LogP contribution in [0, 0.1) is 15.9 Å². The van der Waals surface area contributed by atoms with Gasteiger partial charge in [-0.2, -0.15) is 4.98 Å². The Balaban J connectivity index is 2.36. The summed E-state index contributed by atoms with van der Waals surface area (Å²) in [4.78, 5) is 14.4. The molecule has 6 nitrogen and oxygen atoms in total. The van der Waals surface area contributed by atoms with Crippen molar-refractivity contribution >= 4 is 23.1 Å². The summed E-state index contributed by atoms with van der Waals surface area (Å²) in [5.74, 6) is -0.0465. The predicted molar refractivity (Wildman–Crippen MR) is 76.5 cm³/mol. The molecular formula is C13H11ClFN3O3. The Labute approximate surface area is 124 Å². The Hall–Kier alpha value is -2.41. The largest absolute Gasteiger partial charge is 0.437 e. The normalized spacial score (nSPS) is 10.2. The first-order chi connectivity index (χ1) is 9.99. The minimum Gasteiger partial charge on any atom is -0.437 e. The number of hydrogen-bond acceptors (Lipinski definition) is 5. The lowest BCUT2D eigenvalue weighted by molar-refractivity contribution is -0.384. The highest BCUT2D eigenvalue weighted by Crippen LogP contribution is 2.31. The van der Waals surface area contributed by atoms with E-state index in [-0.39, 0.29) is 22.3 Å². The number of benzene rings is 1. The Bertz CT molecular complexity index is 682. The highest BCUT2D eigenvalue weighted by Gasteiger charge is 2.13. The van der Waals surface area contributed by atoms with Crippen molar-refractivity contribution in [2.75, 3.05) is 11.9 Å². The van der Waals surface area contributed by atoms with E-state index in [0.29, 0.717) is 12.4 Å². The van der Waals surface area contributed by atoms with Gasteiger partial charge >= 0.3 is 0 Å². The third-order valence-corrected chi connectivity index (χ3v) is 2.76. The van der Waals surface area contributed by atoms with Gasteiger partial charge in [-0.3, -0.25) is 10.1 Å². The van der Waals surface area contributed by atoms with Crippen LogP contribution in [0.1, 0.15) is 6.92 Å². The van der Waals surface area contributed by atoms with E-state index in [4.69, 9.17) is 16.3 Å². The fourth-order valence-corrected chi connectivity index (χ4v) is 1.80. The van der Waals surface area contributed by atoms with Crippen molar-refractivity contribution in [3.8, 4) is 11.6 Å². The summed E-state index contributed by atoms with van der Waals surface area (Å²) < 4.78 is 18.4. The molecule has 1 heterocycles. The maximum absolute atomic E-state index is 13.0. The van der Waals surface area contributed by atoms with Gasteiger partial charge in [-0.15, -0.1) is 0 Å². The van der Waals surface area contributed by atoms with Crippen molar-refractivity contribution in [1.29, 1.82) is 0 Å². The smallest absolute Gasteiger partial charge is 0.278 e. The fraction of sp³-hybridized carbons (Fsp3) is 0.154. The molecule has 110 valence electrons. The number of halogens is 2. The van der Waals surface area contributed by atoms with Gasteiger partial charge in [0.1, 0.15) is 17.4 Å². The molecule has 0 aliphatic rings. The van der Waals surface area contributed by atoms with E-state index in [2.05, 4.69) is 10.3 Å². The second-order valence-corrected chi connectivity index (χ2v) is 4.42. The van der Waals surface area contributed by atoms with E-state index in [1.807, 2.05) is 6.92 Å². The van der Waals surface area contributed by atoms with Gasteiger partial charge in [0.25, 0.3) is 5.69 Å². The molecule has 8 heteroatoms. The van der Waals surface area contributed by atoms with Crippen LogP contribution in [0.4, 0.5) is 15.9 Å². The molecule has 1 aromatic heterocycles. The zero-order valence-corrected chi connectivity index (χ0v) is 11.7. The Morgan fingerprint density at radius 1 is 1.43 bits per heavy atom. The molecule has 0 amide bonds. The van der Waals surface area contributed by atoms with Crippen molar-refractivity contribution < 1.29 is 14.1 Å². The van der Waals surface area contributed by atoms with Crippen LogP contribution < -0.4 is 10.1 Å².